The fourth-order valence-corrected chi connectivity index (χ4v) is 3.09. The Morgan fingerprint density at radius 1 is 1.32 bits per heavy atom. The maximum Gasteiger partial charge on any atom is 0.188 e. The normalized spacial score (nSPS) is 20.1. The first kappa shape index (κ1) is 19.2. The zero-order valence-electron chi connectivity index (χ0n) is 14.7. The van der Waals surface area contributed by atoms with Crippen LogP contribution in [-0.2, 0) is 9.47 Å². The van der Waals surface area contributed by atoms with Gasteiger partial charge in [-0.2, -0.15) is 0 Å². The van der Waals surface area contributed by atoms with Gasteiger partial charge < -0.3 is 20.5 Å². The molecule has 2 atom stereocenters. The first-order chi connectivity index (χ1) is 10.6. The molecule has 0 aromatic carbocycles. The number of nitrogens with zero attached hydrogens (tertiary/aromatic N) is 2. The second-order valence-corrected chi connectivity index (χ2v) is 6.02. The lowest BCUT2D eigenvalue weighted by atomic mass is 9.92. The predicted molar refractivity (Wildman–Crippen MR) is 91.2 cm³/mol. The average Bonchev–Trinajstić information content (AvgIpc) is 2.52. The van der Waals surface area contributed by atoms with Gasteiger partial charge in [0, 0.05) is 32.3 Å². The van der Waals surface area contributed by atoms with Crippen LogP contribution in [0.25, 0.3) is 0 Å². The van der Waals surface area contributed by atoms with Gasteiger partial charge in [-0.15, -0.1) is 0 Å². The molecule has 0 amide bonds. The number of hydrogen-bond acceptors (Lipinski definition) is 4. The van der Waals surface area contributed by atoms with Gasteiger partial charge in [-0.05, 0) is 12.8 Å². The molecular formula is C16H34N4O2. The molecule has 0 radical (unpaired) electrons. The monoisotopic (exact) mass is 314 g/mol. The minimum Gasteiger partial charge on any atom is -0.383 e. The highest BCUT2D eigenvalue weighted by molar-refractivity contribution is 5.78. The van der Waals surface area contributed by atoms with Gasteiger partial charge >= 0.3 is 0 Å². The molecule has 22 heavy (non-hydrogen) atoms. The third kappa shape index (κ3) is 6.50. The number of rotatable bonds is 9. The molecule has 0 aromatic heterocycles. The molecule has 1 aliphatic rings. The quantitative estimate of drug-likeness (QED) is 0.492. The van der Waals surface area contributed by atoms with Crippen LogP contribution in [0.1, 0.15) is 33.6 Å². The number of nitrogens with two attached hydrogens (primary N) is 1. The standard InChI is InChI=1S/C16H34N4O2/c1-5-14(6-2)15(20-7-9-22-10-8-20)11-18-16(17)19-13(3)12-21-4/h13-15H,5-12H2,1-4H3,(H3,17,18,19). The minimum absolute atomic E-state index is 0.170. The van der Waals surface area contributed by atoms with Gasteiger partial charge in [-0.25, -0.2) is 0 Å². The number of methoxy groups -OCH3 is 1. The second-order valence-electron chi connectivity index (χ2n) is 6.02. The van der Waals surface area contributed by atoms with Gasteiger partial charge in [-0.1, -0.05) is 26.7 Å². The highest BCUT2D eigenvalue weighted by atomic mass is 16.5. The molecule has 1 heterocycles. The Hall–Kier alpha value is -0.850. The summed E-state index contributed by atoms with van der Waals surface area (Å²) in [5, 5.41) is 3.17. The maximum atomic E-state index is 6.01. The number of morpholine rings is 1. The van der Waals surface area contributed by atoms with Crippen LogP contribution in [0.15, 0.2) is 4.99 Å². The SMILES string of the molecule is CCC(CC)C(CN=C(N)NC(C)COC)N1CCOCC1. The Kier molecular flexibility index (Phi) is 9.43. The van der Waals surface area contributed by atoms with Crippen molar-refractivity contribution >= 4 is 5.96 Å². The predicted octanol–water partition coefficient (Wildman–Crippen LogP) is 1.06. The number of hydrogen-bond donors (Lipinski definition) is 2. The van der Waals surface area contributed by atoms with E-state index >= 15 is 0 Å². The Balaban J connectivity index is 2.62. The maximum absolute atomic E-state index is 6.01. The van der Waals surface area contributed by atoms with Crippen LogP contribution in [0.4, 0.5) is 0 Å². The molecule has 130 valence electrons. The Morgan fingerprint density at radius 3 is 2.50 bits per heavy atom. The van der Waals surface area contributed by atoms with Crippen LogP contribution in [0.2, 0.25) is 0 Å². The third-order valence-corrected chi connectivity index (χ3v) is 4.37. The summed E-state index contributed by atoms with van der Waals surface area (Å²) in [5.41, 5.74) is 6.01. The van der Waals surface area contributed by atoms with Gasteiger partial charge in [0.15, 0.2) is 5.96 Å². The van der Waals surface area contributed by atoms with Gasteiger partial charge in [0.2, 0.25) is 0 Å². The van der Waals surface area contributed by atoms with Crippen molar-refractivity contribution in [3.05, 3.63) is 0 Å². The van der Waals surface area contributed by atoms with Gasteiger partial charge in [0.1, 0.15) is 0 Å². The molecule has 1 fully saturated rings. The van der Waals surface area contributed by atoms with Crippen LogP contribution in [0.3, 0.4) is 0 Å². The summed E-state index contributed by atoms with van der Waals surface area (Å²) in [6.07, 6.45) is 2.34. The van der Waals surface area contributed by atoms with Gasteiger partial charge in [0.05, 0.1) is 26.4 Å². The van der Waals surface area contributed by atoms with Gasteiger partial charge in [-0.3, -0.25) is 9.89 Å². The summed E-state index contributed by atoms with van der Waals surface area (Å²) in [7, 11) is 1.69. The van der Waals surface area contributed by atoms with E-state index in [0.29, 0.717) is 24.5 Å². The molecule has 1 aliphatic heterocycles. The van der Waals surface area contributed by atoms with E-state index in [1.807, 2.05) is 6.92 Å². The second kappa shape index (κ2) is 10.8. The van der Waals surface area contributed by atoms with Crippen molar-refractivity contribution in [2.75, 3.05) is 46.6 Å². The molecule has 0 aromatic rings. The molecule has 0 spiro atoms. The van der Waals surface area contributed by atoms with Crippen molar-refractivity contribution in [2.24, 2.45) is 16.6 Å². The number of ether oxygens (including phenoxy) is 2. The van der Waals surface area contributed by atoms with Crippen molar-refractivity contribution in [2.45, 2.75) is 45.7 Å². The smallest absolute Gasteiger partial charge is 0.188 e. The van der Waals surface area contributed by atoms with Gasteiger partial charge in [0.25, 0.3) is 0 Å². The van der Waals surface area contributed by atoms with E-state index in [1.165, 1.54) is 12.8 Å². The minimum atomic E-state index is 0.170. The topological polar surface area (TPSA) is 72.1 Å². The first-order valence-corrected chi connectivity index (χ1v) is 8.49. The summed E-state index contributed by atoms with van der Waals surface area (Å²) in [4.78, 5) is 7.09. The van der Waals surface area contributed by atoms with Crippen LogP contribution in [0.5, 0.6) is 0 Å². The molecule has 0 aliphatic carbocycles. The van der Waals surface area contributed by atoms with Crippen molar-refractivity contribution in [1.29, 1.82) is 0 Å². The van der Waals surface area contributed by atoms with Crippen molar-refractivity contribution < 1.29 is 9.47 Å². The van der Waals surface area contributed by atoms with E-state index in [9.17, 15) is 0 Å². The van der Waals surface area contributed by atoms with Crippen molar-refractivity contribution in [3.8, 4) is 0 Å². The molecule has 0 bridgehead atoms. The Labute approximate surface area is 135 Å². The van der Waals surface area contributed by atoms with E-state index in [1.54, 1.807) is 7.11 Å². The highest BCUT2D eigenvalue weighted by Crippen LogP contribution is 2.20. The van der Waals surface area contributed by atoms with Crippen LogP contribution in [0, 0.1) is 5.92 Å². The molecule has 1 rings (SSSR count). The molecule has 3 N–H and O–H groups in total. The van der Waals surface area contributed by atoms with E-state index < -0.39 is 0 Å². The summed E-state index contributed by atoms with van der Waals surface area (Å²) in [6, 6.07) is 0.612. The molecule has 2 unspecified atom stereocenters. The lowest BCUT2D eigenvalue weighted by molar-refractivity contribution is 0.00396. The summed E-state index contributed by atoms with van der Waals surface area (Å²) in [5.74, 6) is 1.15. The van der Waals surface area contributed by atoms with Crippen LogP contribution in [-0.4, -0.2) is 69.5 Å². The molecule has 1 saturated heterocycles. The van der Waals surface area contributed by atoms with E-state index in [2.05, 4.69) is 29.1 Å². The zero-order chi connectivity index (χ0) is 16.4. The summed E-state index contributed by atoms with van der Waals surface area (Å²) < 4.78 is 10.6. The Bertz CT molecular complexity index is 315. The van der Waals surface area contributed by atoms with E-state index in [-0.39, 0.29) is 6.04 Å². The van der Waals surface area contributed by atoms with Crippen molar-refractivity contribution in [1.82, 2.24) is 10.2 Å². The highest BCUT2D eigenvalue weighted by Gasteiger charge is 2.26. The largest absolute Gasteiger partial charge is 0.383 e. The van der Waals surface area contributed by atoms with E-state index in [4.69, 9.17) is 15.2 Å². The van der Waals surface area contributed by atoms with Crippen LogP contribution >= 0.6 is 0 Å². The van der Waals surface area contributed by atoms with E-state index in [0.717, 1.165) is 32.8 Å². The Morgan fingerprint density at radius 2 is 1.95 bits per heavy atom. The molecule has 0 saturated carbocycles. The zero-order valence-corrected chi connectivity index (χ0v) is 14.7. The molecule has 6 nitrogen and oxygen atoms in total. The van der Waals surface area contributed by atoms with Crippen LogP contribution < -0.4 is 11.1 Å². The number of nitrogens with one attached hydrogen (secondary N) is 1. The fourth-order valence-electron chi connectivity index (χ4n) is 3.09. The molecule has 6 heteroatoms. The summed E-state index contributed by atoms with van der Waals surface area (Å²) >= 11 is 0. The fraction of sp³-hybridized carbons (Fsp3) is 0.938. The average molecular weight is 314 g/mol. The lowest BCUT2D eigenvalue weighted by Crippen LogP contribution is -2.49. The van der Waals surface area contributed by atoms with Crippen molar-refractivity contribution in [3.63, 3.8) is 0 Å². The number of aliphatic imine (C=N–C) groups is 1. The first-order valence-electron chi connectivity index (χ1n) is 8.49. The lowest BCUT2D eigenvalue weighted by Gasteiger charge is -2.38. The molecular weight excluding hydrogens is 280 g/mol. The third-order valence-electron chi connectivity index (χ3n) is 4.37. The number of guanidine groups is 1. The summed E-state index contributed by atoms with van der Waals surface area (Å²) in [6.45, 7) is 11.5.